The van der Waals surface area contributed by atoms with Crippen LogP contribution in [0.4, 0.5) is 5.95 Å². The lowest BCUT2D eigenvalue weighted by molar-refractivity contribution is 0.356. The van der Waals surface area contributed by atoms with Crippen molar-refractivity contribution >= 4 is 17.7 Å². The Morgan fingerprint density at radius 3 is 2.79 bits per heavy atom. The number of aromatic nitrogens is 2. The van der Waals surface area contributed by atoms with Crippen LogP contribution in [0.25, 0.3) is 0 Å². The fraction of sp³-hybridized carbons (Fsp3) is 0.800. The van der Waals surface area contributed by atoms with Gasteiger partial charge in [0, 0.05) is 30.2 Å². The summed E-state index contributed by atoms with van der Waals surface area (Å²) in [5, 5.41) is 4.37. The second kappa shape index (κ2) is 6.69. The number of nitrogens with one attached hydrogen (secondary N) is 1. The van der Waals surface area contributed by atoms with E-state index in [-0.39, 0.29) is 0 Å². The Morgan fingerprint density at radius 1 is 1.16 bits per heavy atom. The standard InChI is InChI=1S/C15H25N3S/c1-2-6-13(7-3-1)18-10-9-16-15(18)17-12-14-8-4-5-11-19-14/h9-10,13-14H,1-8,11-12H2,(H,16,17). The molecule has 1 unspecified atom stereocenters. The highest BCUT2D eigenvalue weighted by Crippen LogP contribution is 2.30. The third-order valence-corrected chi connectivity index (χ3v) is 5.80. The number of anilines is 1. The minimum absolute atomic E-state index is 0.678. The van der Waals surface area contributed by atoms with Crippen LogP contribution in [0.2, 0.25) is 0 Å². The predicted octanol–water partition coefficient (Wildman–Crippen LogP) is 4.09. The van der Waals surface area contributed by atoms with Crippen molar-refractivity contribution < 1.29 is 0 Å². The molecule has 1 saturated heterocycles. The molecule has 1 aromatic heterocycles. The molecule has 19 heavy (non-hydrogen) atoms. The van der Waals surface area contributed by atoms with Crippen molar-refractivity contribution in [2.75, 3.05) is 17.6 Å². The molecular weight excluding hydrogens is 254 g/mol. The number of imidazole rings is 1. The van der Waals surface area contributed by atoms with Gasteiger partial charge in [-0.25, -0.2) is 4.98 Å². The zero-order valence-corrected chi connectivity index (χ0v) is 12.5. The molecule has 3 nitrogen and oxygen atoms in total. The van der Waals surface area contributed by atoms with Gasteiger partial charge < -0.3 is 9.88 Å². The van der Waals surface area contributed by atoms with Gasteiger partial charge in [-0.05, 0) is 31.4 Å². The van der Waals surface area contributed by atoms with Crippen LogP contribution in [0.1, 0.15) is 57.4 Å². The van der Waals surface area contributed by atoms with Crippen LogP contribution in [0, 0.1) is 0 Å². The van der Waals surface area contributed by atoms with Gasteiger partial charge in [-0.1, -0.05) is 25.7 Å². The van der Waals surface area contributed by atoms with Crippen LogP contribution in [-0.2, 0) is 0 Å². The second-order valence-corrected chi connectivity index (χ2v) is 7.23. The molecule has 1 aliphatic heterocycles. The van der Waals surface area contributed by atoms with Crippen molar-refractivity contribution in [3.05, 3.63) is 12.4 Å². The molecule has 2 fully saturated rings. The molecule has 1 atom stereocenters. The summed E-state index contributed by atoms with van der Waals surface area (Å²) in [4.78, 5) is 4.52. The van der Waals surface area contributed by atoms with Crippen molar-refractivity contribution in [3.63, 3.8) is 0 Å². The zero-order chi connectivity index (χ0) is 12.9. The van der Waals surface area contributed by atoms with Crippen molar-refractivity contribution in [2.24, 2.45) is 0 Å². The van der Waals surface area contributed by atoms with Crippen molar-refractivity contribution in [2.45, 2.75) is 62.7 Å². The summed E-state index contributed by atoms with van der Waals surface area (Å²) in [6.07, 6.45) is 15.1. The first-order valence-corrected chi connectivity index (χ1v) is 8.86. The fourth-order valence-electron chi connectivity index (χ4n) is 3.28. The molecule has 1 N–H and O–H groups in total. The average Bonchev–Trinajstić information content (AvgIpc) is 2.95. The summed E-state index contributed by atoms with van der Waals surface area (Å²) in [7, 11) is 0. The molecule has 0 amide bonds. The van der Waals surface area contributed by atoms with Crippen LogP contribution in [0.5, 0.6) is 0 Å². The molecule has 0 aromatic carbocycles. The summed E-state index contributed by atoms with van der Waals surface area (Å²) in [6.45, 7) is 1.08. The number of nitrogens with zero attached hydrogens (tertiary/aromatic N) is 2. The quantitative estimate of drug-likeness (QED) is 0.900. The van der Waals surface area contributed by atoms with Crippen LogP contribution >= 0.6 is 11.8 Å². The van der Waals surface area contributed by atoms with E-state index in [9.17, 15) is 0 Å². The highest BCUT2D eigenvalue weighted by molar-refractivity contribution is 7.99. The van der Waals surface area contributed by atoms with E-state index < -0.39 is 0 Å². The summed E-state index contributed by atoms with van der Waals surface area (Å²) < 4.78 is 2.38. The highest BCUT2D eigenvalue weighted by atomic mass is 32.2. The molecule has 1 saturated carbocycles. The number of hydrogen-bond donors (Lipinski definition) is 1. The molecule has 4 heteroatoms. The molecule has 106 valence electrons. The highest BCUT2D eigenvalue weighted by Gasteiger charge is 2.19. The fourth-order valence-corrected chi connectivity index (χ4v) is 4.52. The largest absolute Gasteiger partial charge is 0.355 e. The Bertz CT molecular complexity index is 378. The first-order valence-electron chi connectivity index (χ1n) is 7.82. The maximum Gasteiger partial charge on any atom is 0.203 e. The average molecular weight is 279 g/mol. The van der Waals surface area contributed by atoms with Crippen molar-refractivity contribution in [3.8, 4) is 0 Å². The zero-order valence-electron chi connectivity index (χ0n) is 11.7. The van der Waals surface area contributed by atoms with E-state index in [0.29, 0.717) is 6.04 Å². The molecule has 0 bridgehead atoms. The second-order valence-electron chi connectivity index (χ2n) is 5.82. The van der Waals surface area contributed by atoms with Gasteiger partial charge in [-0.3, -0.25) is 0 Å². The van der Waals surface area contributed by atoms with E-state index >= 15 is 0 Å². The predicted molar refractivity (Wildman–Crippen MR) is 82.9 cm³/mol. The van der Waals surface area contributed by atoms with Gasteiger partial charge in [-0.2, -0.15) is 11.8 Å². The topological polar surface area (TPSA) is 29.9 Å². The van der Waals surface area contributed by atoms with Gasteiger partial charge in [0.1, 0.15) is 0 Å². The third-order valence-electron chi connectivity index (χ3n) is 4.40. The minimum Gasteiger partial charge on any atom is -0.355 e. The molecule has 1 aliphatic carbocycles. The molecular formula is C15H25N3S. The lowest BCUT2D eigenvalue weighted by Gasteiger charge is -2.26. The van der Waals surface area contributed by atoms with E-state index in [1.54, 1.807) is 0 Å². The van der Waals surface area contributed by atoms with E-state index in [0.717, 1.165) is 17.7 Å². The molecule has 2 heterocycles. The first-order chi connectivity index (χ1) is 9.43. The van der Waals surface area contributed by atoms with Crippen LogP contribution in [-0.4, -0.2) is 27.1 Å². The molecule has 3 rings (SSSR count). The SMILES string of the molecule is c1cn(C2CCCCC2)c(NCC2CCCCS2)n1. The Hall–Kier alpha value is -0.640. The van der Waals surface area contributed by atoms with Crippen LogP contribution in [0.15, 0.2) is 12.4 Å². The van der Waals surface area contributed by atoms with Crippen LogP contribution in [0.3, 0.4) is 0 Å². The molecule has 2 aliphatic rings. The monoisotopic (exact) mass is 279 g/mol. The summed E-state index contributed by atoms with van der Waals surface area (Å²) in [5.74, 6) is 2.43. The number of hydrogen-bond acceptors (Lipinski definition) is 3. The Morgan fingerprint density at radius 2 is 2.00 bits per heavy atom. The molecule has 0 radical (unpaired) electrons. The Labute approximate surface area is 120 Å². The van der Waals surface area contributed by atoms with Gasteiger partial charge in [0.2, 0.25) is 5.95 Å². The lowest BCUT2D eigenvalue weighted by Crippen LogP contribution is -2.23. The summed E-state index contributed by atoms with van der Waals surface area (Å²) in [6, 6.07) is 0.678. The normalized spacial score (nSPS) is 25.4. The molecule has 0 spiro atoms. The first kappa shape index (κ1) is 13.3. The van der Waals surface area contributed by atoms with E-state index in [2.05, 4.69) is 32.8 Å². The van der Waals surface area contributed by atoms with E-state index in [1.165, 1.54) is 57.1 Å². The van der Waals surface area contributed by atoms with E-state index in [1.807, 2.05) is 6.20 Å². The van der Waals surface area contributed by atoms with Crippen molar-refractivity contribution in [1.29, 1.82) is 0 Å². The Kier molecular flexibility index (Phi) is 4.70. The molecule has 1 aromatic rings. The third kappa shape index (κ3) is 3.47. The summed E-state index contributed by atoms with van der Waals surface area (Å²) >= 11 is 2.13. The Balaban J connectivity index is 1.56. The van der Waals surface area contributed by atoms with Crippen LogP contribution < -0.4 is 5.32 Å². The maximum atomic E-state index is 4.52. The van der Waals surface area contributed by atoms with Gasteiger partial charge >= 0.3 is 0 Å². The number of rotatable bonds is 4. The van der Waals surface area contributed by atoms with Gasteiger partial charge in [-0.15, -0.1) is 0 Å². The van der Waals surface area contributed by atoms with E-state index in [4.69, 9.17) is 0 Å². The van der Waals surface area contributed by atoms with Gasteiger partial charge in [0.05, 0.1) is 0 Å². The van der Waals surface area contributed by atoms with Gasteiger partial charge in [0.25, 0.3) is 0 Å². The number of thioether (sulfide) groups is 1. The maximum absolute atomic E-state index is 4.52. The smallest absolute Gasteiger partial charge is 0.203 e. The van der Waals surface area contributed by atoms with Crippen molar-refractivity contribution in [1.82, 2.24) is 9.55 Å². The minimum atomic E-state index is 0.678. The van der Waals surface area contributed by atoms with Gasteiger partial charge in [0.15, 0.2) is 0 Å². The lowest BCUT2D eigenvalue weighted by atomic mass is 9.95. The summed E-state index contributed by atoms with van der Waals surface area (Å²) in [5.41, 5.74) is 0.